The van der Waals surface area contributed by atoms with E-state index in [9.17, 15) is 9.35 Å². The van der Waals surface area contributed by atoms with E-state index in [0.717, 1.165) is 12.8 Å². The van der Waals surface area contributed by atoms with Crippen LogP contribution < -0.4 is 4.72 Å². The predicted molar refractivity (Wildman–Crippen MR) is 90.5 cm³/mol. The maximum Gasteiger partial charge on any atom is 0.410 e. The van der Waals surface area contributed by atoms with Crippen molar-refractivity contribution in [1.29, 1.82) is 0 Å². The lowest BCUT2D eigenvalue weighted by Gasteiger charge is -2.41. The van der Waals surface area contributed by atoms with Gasteiger partial charge in [0.1, 0.15) is 10.9 Å². The van der Waals surface area contributed by atoms with Gasteiger partial charge in [0, 0.05) is 29.9 Å². The van der Waals surface area contributed by atoms with Crippen molar-refractivity contribution >= 4 is 17.5 Å². The molecule has 2 atom stereocenters. The largest absolute Gasteiger partial charge is 0.598 e. The van der Waals surface area contributed by atoms with E-state index in [0.29, 0.717) is 26.3 Å². The Labute approximate surface area is 142 Å². The third kappa shape index (κ3) is 4.75. The molecule has 0 radical (unpaired) electrons. The molecule has 0 saturated carbocycles. The Morgan fingerprint density at radius 2 is 2.00 bits per heavy atom. The highest BCUT2D eigenvalue weighted by molar-refractivity contribution is 7.90. The summed E-state index contributed by atoms with van der Waals surface area (Å²) in [5.74, 6) is 0. The summed E-state index contributed by atoms with van der Waals surface area (Å²) in [6.07, 6.45) is 1.44. The SMILES string of the molecule is CC(C)[S@@+]([O-])N[C@@H]1COCC12CCN(C(=O)OC(C)(C)C)CC2. The molecule has 1 spiro atoms. The van der Waals surface area contributed by atoms with Crippen molar-refractivity contribution in [1.82, 2.24) is 9.62 Å². The number of hydrogen-bond donors (Lipinski definition) is 1. The van der Waals surface area contributed by atoms with Crippen LogP contribution in [0.5, 0.6) is 0 Å². The molecule has 2 rings (SSSR count). The molecule has 2 heterocycles. The van der Waals surface area contributed by atoms with Crippen molar-refractivity contribution < 1.29 is 18.8 Å². The fourth-order valence-electron chi connectivity index (χ4n) is 3.05. The Morgan fingerprint density at radius 3 is 2.52 bits per heavy atom. The van der Waals surface area contributed by atoms with E-state index in [2.05, 4.69) is 4.72 Å². The Bertz CT molecular complexity index is 417. The minimum absolute atomic E-state index is 0.0247. The molecular weight excluding hydrogens is 316 g/mol. The molecule has 0 unspecified atom stereocenters. The van der Waals surface area contributed by atoms with Crippen molar-refractivity contribution in [3.8, 4) is 0 Å². The smallest absolute Gasteiger partial charge is 0.410 e. The number of ether oxygens (including phenoxy) is 2. The number of likely N-dealkylation sites (tertiary alicyclic amines) is 1. The molecule has 2 saturated heterocycles. The van der Waals surface area contributed by atoms with Gasteiger partial charge in [0.15, 0.2) is 0 Å². The number of carbonyl (C=O) groups is 1. The van der Waals surface area contributed by atoms with Gasteiger partial charge in [-0.3, -0.25) is 0 Å². The first-order valence-electron chi connectivity index (χ1n) is 8.35. The van der Waals surface area contributed by atoms with Gasteiger partial charge in [0.05, 0.1) is 19.3 Å². The molecule has 0 aromatic heterocycles. The number of piperidine rings is 1. The molecule has 2 aliphatic rings. The van der Waals surface area contributed by atoms with Crippen molar-refractivity contribution in [3.05, 3.63) is 0 Å². The molecule has 1 amide bonds. The quantitative estimate of drug-likeness (QED) is 0.792. The van der Waals surface area contributed by atoms with Gasteiger partial charge in [-0.05, 0) is 47.5 Å². The second-order valence-electron chi connectivity index (χ2n) is 7.86. The van der Waals surface area contributed by atoms with Crippen LogP contribution in [0.25, 0.3) is 0 Å². The molecule has 2 aliphatic heterocycles. The van der Waals surface area contributed by atoms with Crippen LogP contribution in [-0.4, -0.2) is 58.7 Å². The summed E-state index contributed by atoms with van der Waals surface area (Å²) >= 11 is -1.06. The average molecular weight is 346 g/mol. The second kappa shape index (κ2) is 7.17. The summed E-state index contributed by atoms with van der Waals surface area (Å²) in [4.78, 5) is 13.9. The van der Waals surface area contributed by atoms with E-state index in [1.54, 1.807) is 4.90 Å². The minimum atomic E-state index is -1.06. The summed E-state index contributed by atoms with van der Waals surface area (Å²) < 4.78 is 26.5. The van der Waals surface area contributed by atoms with Crippen LogP contribution in [0.1, 0.15) is 47.5 Å². The zero-order valence-corrected chi connectivity index (χ0v) is 15.7. The summed E-state index contributed by atoms with van der Waals surface area (Å²) in [6, 6.07) is 0.0894. The maximum absolute atomic E-state index is 12.2. The number of amides is 1. The Kier molecular flexibility index (Phi) is 5.87. The summed E-state index contributed by atoms with van der Waals surface area (Å²) in [6.45, 7) is 12.1. The number of carbonyl (C=O) groups excluding carboxylic acids is 1. The first-order chi connectivity index (χ1) is 10.6. The van der Waals surface area contributed by atoms with E-state index < -0.39 is 17.0 Å². The summed E-state index contributed by atoms with van der Waals surface area (Å²) in [7, 11) is 0. The lowest BCUT2D eigenvalue weighted by molar-refractivity contribution is 0.00663. The van der Waals surface area contributed by atoms with Crippen LogP contribution in [0, 0.1) is 5.41 Å². The van der Waals surface area contributed by atoms with Gasteiger partial charge in [0.25, 0.3) is 0 Å². The first kappa shape index (κ1) is 18.8. The molecule has 0 bridgehead atoms. The molecule has 0 aromatic rings. The van der Waals surface area contributed by atoms with Gasteiger partial charge in [0.2, 0.25) is 0 Å². The fraction of sp³-hybridized carbons (Fsp3) is 0.938. The van der Waals surface area contributed by atoms with Crippen molar-refractivity contribution in [2.75, 3.05) is 26.3 Å². The van der Waals surface area contributed by atoms with Crippen LogP contribution in [-0.2, 0) is 20.8 Å². The predicted octanol–water partition coefficient (Wildman–Crippen LogP) is 2.06. The lowest BCUT2D eigenvalue weighted by atomic mass is 9.75. The molecule has 0 aromatic carbocycles. The lowest BCUT2D eigenvalue weighted by Crippen LogP contribution is -2.54. The van der Waals surface area contributed by atoms with Crippen molar-refractivity contribution in [2.45, 2.75) is 64.4 Å². The molecule has 23 heavy (non-hydrogen) atoms. The van der Waals surface area contributed by atoms with Crippen LogP contribution in [0.4, 0.5) is 4.79 Å². The second-order valence-corrected chi connectivity index (χ2v) is 9.63. The standard InChI is InChI=1S/C16H30N2O4S/c1-12(2)23(20)17-13-10-21-11-16(13)6-8-18(9-7-16)14(19)22-15(3,4)5/h12-13,17H,6-11H2,1-5H3/t13-,23-/m1/s1. The van der Waals surface area contributed by atoms with Crippen molar-refractivity contribution in [3.63, 3.8) is 0 Å². The number of hydrogen-bond acceptors (Lipinski definition) is 5. The highest BCUT2D eigenvalue weighted by Crippen LogP contribution is 2.40. The average Bonchev–Trinajstić information content (AvgIpc) is 2.80. The van der Waals surface area contributed by atoms with Gasteiger partial charge in [-0.15, -0.1) is 4.72 Å². The molecule has 6 nitrogen and oxygen atoms in total. The number of nitrogens with one attached hydrogen (secondary N) is 1. The Morgan fingerprint density at radius 1 is 1.39 bits per heavy atom. The van der Waals surface area contributed by atoms with Gasteiger partial charge in [-0.2, -0.15) is 0 Å². The van der Waals surface area contributed by atoms with Crippen molar-refractivity contribution in [2.24, 2.45) is 5.41 Å². The van der Waals surface area contributed by atoms with E-state index in [1.165, 1.54) is 0 Å². The highest BCUT2D eigenvalue weighted by Gasteiger charge is 2.48. The fourth-order valence-corrected chi connectivity index (χ4v) is 3.92. The van der Waals surface area contributed by atoms with E-state index >= 15 is 0 Å². The van der Waals surface area contributed by atoms with Gasteiger partial charge in [-0.25, -0.2) is 4.79 Å². The minimum Gasteiger partial charge on any atom is -0.598 e. The summed E-state index contributed by atoms with van der Waals surface area (Å²) in [5.41, 5.74) is -0.496. The topological polar surface area (TPSA) is 73.9 Å². The van der Waals surface area contributed by atoms with Gasteiger partial charge < -0.3 is 18.9 Å². The molecular formula is C16H30N2O4S. The van der Waals surface area contributed by atoms with E-state index in [1.807, 2.05) is 34.6 Å². The maximum atomic E-state index is 12.2. The van der Waals surface area contributed by atoms with E-state index in [4.69, 9.17) is 9.47 Å². The zero-order valence-electron chi connectivity index (χ0n) is 14.9. The number of nitrogens with zero attached hydrogens (tertiary/aromatic N) is 1. The van der Waals surface area contributed by atoms with E-state index in [-0.39, 0.29) is 22.8 Å². The third-order valence-electron chi connectivity index (χ3n) is 4.51. The Hall–Kier alpha value is -0.500. The third-order valence-corrected chi connectivity index (χ3v) is 5.88. The molecule has 1 N–H and O–H groups in total. The molecule has 7 heteroatoms. The molecule has 134 valence electrons. The number of rotatable bonds is 3. The van der Waals surface area contributed by atoms with Crippen LogP contribution in [0.3, 0.4) is 0 Å². The monoisotopic (exact) mass is 346 g/mol. The van der Waals surface area contributed by atoms with Crippen LogP contribution in [0.2, 0.25) is 0 Å². The zero-order chi connectivity index (χ0) is 17.3. The normalized spacial score (nSPS) is 25.9. The van der Waals surface area contributed by atoms with Crippen LogP contribution in [0.15, 0.2) is 0 Å². The Balaban J connectivity index is 1.92. The van der Waals surface area contributed by atoms with Crippen LogP contribution >= 0.6 is 0 Å². The molecule has 2 fully saturated rings. The first-order valence-corrected chi connectivity index (χ1v) is 9.57. The highest BCUT2D eigenvalue weighted by atomic mass is 32.2. The summed E-state index contributed by atoms with van der Waals surface area (Å²) in [5, 5.41) is 0.0782. The molecule has 0 aliphatic carbocycles. The van der Waals surface area contributed by atoms with Gasteiger partial charge >= 0.3 is 6.09 Å². The van der Waals surface area contributed by atoms with Gasteiger partial charge in [-0.1, -0.05) is 0 Å².